The molecule has 2 atom stereocenters. The highest BCUT2D eigenvalue weighted by molar-refractivity contribution is 5.84. The number of amides is 2. The van der Waals surface area contributed by atoms with Crippen LogP contribution in [0.4, 0.5) is 8.78 Å². The Bertz CT molecular complexity index is 890. The van der Waals surface area contributed by atoms with Crippen LogP contribution in [0.5, 0.6) is 0 Å². The Labute approximate surface area is 162 Å². The zero-order valence-electron chi connectivity index (χ0n) is 15.4. The van der Waals surface area contributed by atoms with Gasteiger partial charge in [0.2, 0.25) is 11.8 Å². The molecule has 3 heterocycles. The molecule has 7 heteroatoms. The van der Waals surface area contributed by atoms with E-state index in [1.54, 1.807) is 17.3 Å². The Morgan fingerprint density at radius 3 is 2.82 bits per heavy atom. The van der Waals surface area contributed by atoms with Crippen LogP contribution in [0.1, 0.15) is 17.5 Å². The lowest BCUT2D eigenvalue weighted by Crippen LogP contribution is -2.44. The van der Waals surface area contributed by atoms with Crippen LogP contribution in [0.25, 0.3) is 0 Å². The van der Waals surface area contributed by atoms with Gasteiger partial charge in [-0.05, 0) is 30.0 Å². The first kappa shape index (κ1) is 18.5. The number of pyridine rings is 1. The highest BCUT2D eigenvalue weighted by Crippen LogP contribution is 2.33. The van der Waals surface area contributed by atoms with Crippen molar-refractivity contribution in [2.24, 2.45) is 11.8 Å². The van der Waals surface area contributed by atoms with Gasteiger partial charge in [0.15, 0.2) is 11.6 Å². The molecule has 2 unspecified atom stereocenters. The fourth-order valence-electron chi connectivity index (χ4n) is 4.14. The number of likely N-dealkylation sites (tertiary alicyclic amines) is 2. The third-order valence-corrected chi connectivity index (χ3v) is 5.66. The minimum Gasteiger partial charge on any atom is -0.341 e. The Morgan fingerprint density at radius 1 is 1.18 bits per heavy atom. The number of rotatable bonds is 4. The molecule has 0 spiro atoms. The Hall–Kier alpha value is -2.83. The number of carbonyl (C=O) groups is 2. The minimum atomic E-state index is -0.980. The van der Waals surface area contributed by atoms with E-state index in [1.165, 1.54) is 12.1 Å². The zero-order valence-corrected chi connectivity index (χ0v) is 15.4. The van der Waals surface area contributed by atoms with E-state index in [1.807, 2.05) is 17.0 Å². The van der Waals surface area contributed by atoms with Crippen molar-refractivity contribution in [3.8, 4) is 0 Å². The number of hydrogen-bond acceptors (Lipinski definition) is 3. The Morgan fingerprint density at radius 2 is 2.04 bits per heavy atom. The van der Waals surface area contributed by atoms with Crippen LogP contribution in [0.15, 0.2) is 42.7 Å². The number of carbonyl (C=O) groups excluding carboxylic acids is 2. The van der Waals surface area contributed by atoms with Gasteiger partial charge in [-0.15, -0.1) is 0 Å². The number of nitrogens with zero attached hydrogens (tertiary/aromatic N) is 3. The molecule has 0 saturated carbocycles. The van der Waals surface area contributed by atoms with E-state index in [2.05, 4.69) is 4.98 Å². The number of aromatic nitrogens is 1. The zero-order chi connectivity index (χ0) is 19.7. The molecule has 2 aliphatic rings. The molecule has 2 fully saturated rings. The monoisotopic (exact) mass is 385 g/mol. The predicted molar refractivity (Wildman–Crippen MR) is 97.9 cm³/mol. The first-order valence-corrected chi connectivity index (χ1v) is 9.41. The van der Waals surface area contributed by atoms with Crippen molar-refractivity contribution in [2.45, 2.75) is 19.4 Å². The first-order valence-electron chi connectivity index (χ1n) is 9.41. The first-order chi connectivity index (χ1) is 13.5. The van der Waals surface area contributed by atoms with E-state index in [4.69, 9.17) is 0 Å². The van der Waals surface area contributed by atoms with E-state index in [0.717, 1.165) is 18.1 Å². The van der Waals surface area contributed by atoms with E-state index in [-0.39, 0.29) is 35.6 Å². The van der Waals surface area contributed by atoms with Crippen molar-refractivity contribution < 1.29 is 18.4 Å². The van der Waals surface area contributed by atoms with Crippen molar-refractivity contribution in [1.29, 1.82) is 0 Å². The molecule has 2 amide bonds. The lowest BCUT2D eigenvalue weighted by molar-refractivity contribution is -0.140. The third kappa shape index (κ3) is 3.61. The molecule has 146 valence electrons. The fourth-order valence-corrected chi connectivity index (χ4v) is 4.14. The van der Waals surface area contributed by atoms with Crippen molar-refractivity contribution in [2.75, 3.05) is 19.6 Å². The number of hydrogen-bond donors (Lipinski definition) is 0. The van der Waals surface area contributed by atoms with Crippen molar-refractivity contribution >= 4 is 11.8 Å². The van der Waals surface area contributed by atoms with Crippen LogP contribution in [0, 0.1) is 23.5 Å². The molecular formula is C21H21F2N3O2. The predicted octanol–water partition coefficient (Wildman–Crippen LogP) is 2.41. The average Bonchev–Trinajstić information content (AvgIpc) is 3.14. The summed E-state index contributed by atoms with van der Waals surface area (Å²) >= 11 is 0. The van der Waals surface area contributed by atoms with Crippen LogP contribution in [-0.2, 0) is 22.6 Å². The maximum Gasteiger partial charge on any atom is 0.228 e. The van der Waals surface area contributed by atoms with E-state index in [9.17, 15) is 18.4 Å². The maximum absolute atomic E-state index is 13.9. The van der Waals surface area contributed by atoms with Gasteiger partial charge in [-0.3, -0.25) is 14.6 Å². The van der Waals surface area contributed by atoms with Gasteiger partial charge in [0.25, 0.3) is 0 Å². The summed E-state index contributed by atoms with van der Waals surface area (Å²) in [7, 11) is 0. The van der Waals surface area contributed by atoms with E-state index in [0.29, 0.717) is 26.2 Å². The second-order valence-electron chi connectivity index (χ2n) is 7.46. The molecule has 2 aromatic rings. The van der Waals surface area contributed by atoms with Crippen LogP contribution >= 0.6 is 0 Å². The third-order valence-electron chi connectivity index (χ3n) is 5.66. The summed E-state index contributed by atoms with van der Waals surface area (Å²) in [6.07, 6.45) is 4.07. The largest absolute Gasteiger partial charge is 0.341 e. The van der Waals surface area contributed by atoms with Gasteiger partial charge in [-0.2, -0.15) is 0 Å². The van der Waals surface area contributed by atoms with Gasteiger partial charge in [0, 0.05) is 44.1 Å². The van der Waals surface area contributed by atoms with Crippen molar-refractivity contribution in [3.05, 3.63) is 65.5 Å². The summed E-state index contributed by atoms with van der Waals surface area (Å²) in [4.78, 5) is 33.0. The van der Waals surface area contributed by atoms with Crippen LogP contribution in [0.3, 0.4) is 0 Å². The second kappa shape index (κ2) is 7.66. The molecule has 2 aliphatic heterocycles. The maximum atomic E-state index is 13.9. The van der Waals surface area contributed by atoms with Gasteiger partial charge in [-0.1, -0.05) is 18.2 Å². The number of piperidine rings is 1. The average molecular weight is 385 g/mol. The van der Waals surface area contributed by atoms with Gasteiger partial charge in [0.05, 0.1) is 12.3 Å². The molecule has 2 saturated heterocycles. The summed E-state index contributed by atoms with van der Waals surface area (Å²) < 4.78 is 27.2. The molecule has 5 nitrogen and oxygen atoms in total. The number of benzene rings is 1. The Kier molecular flexibility index (Phi) is 5.07. The molecular weight excluding hydrogens is 364 g/mol. The molecule has 1 aromatic carbocycles. The van der Waals surface area contributed by atoms with E-state index >= 15 is 0 Å². The molecule has 28 heavy (non-hydrogen) atoms. The highest BCUT2D eigenvalue weighted by atomic mass is 19.2. The summed E-state index contributed by atoms with van der Waals surface area (Å²) in [6.45, 7) is 1.99. The SMILES string of the molecule is O=C(Cc1cccc(F)c1F)N1CC2CCN(Cc3cccnc3)C(=O)C2C1. The lowest BCUT2D eigenvalue weighted by Gasteiger charge is -2.33. The van der Waals surface area contributed by atoms with Gasteiger partial charge >= 0.3 is 0 Å². The second-order valence-corrected chi connectivity index (χ2v) is 7.46. The number of fused-ring (bicyclic) bond motifs is 1. The molecule has 0 bridgehead atoms. The summed E-state index contributed by atoms with van der Waals surface area (Å²) in [5.41, 5.74) is 1.02. The summed E-state index contributed by atoms with van der Waals surface area (Å²) in [5, 5.41) is 0. The number of halogens is 2. The summed E-state index contributed by atoms with van der Waals surface area (Å²) in [6, 6.07) is 7.62. The topological polar surface area (TPSA) is 53.5 Å². The van der Waals surface area contributed by atoms with Gasteiger partial charge in [-0.25, -0.2) is 8.78 Å². The molecule has 4 rings (SSSR count). The van der Waals surface area contributed by atoms with Crippen LogP contribution in [-0.4, -0.2) is 46.2 Å². The van der Waals surface area contributed by atoms with Gasteiger partial charge in [0.1, 0.15) is 0 Å². The van der Waals surface area contributed by atoms with Crippen LogP contribution in [0.2, 0.25) is 0 Å². The highest BCUT2D eigenvalue weighted by Gasteiger charge is 2.44. The minimum absolute atomic E-state index is 0.0457. The smallest absolute Gasteiger partial charge is 0.228 e. The van der Waals surface area contributed by atoms with Crippen LogP contribution < -0.4 is 0 Å². The van der Waals surface area contributed by atoms with Crippen molar-refractivity contribution in [3.63, 3.8) is 0 Å². The normalized spacial score (nSPS) is 21.7. The molecule has 0 N–H and O–H groups in total. The standard InChI is InChI=1S/C21H21F2N3O2/c22-18-5-1-4-15(20(18)23)9-19(27)26-12-16-6-8-25(21(28)17(16)13-26)11-14-3-2-7-24-10-14/h1-5,7,10,16-17H,6,8-9,11-13H2. The van der Waals surface area contributed by atoms with Gasteiger partial charge < -0.3 is 9.80 Å². The molecule has 0 aliphatic carbocycles. The van der Waals surface area contributed by atoms with E-state index < -0.39 is 11.6 Å². The quantitative estimate of drug-likeness (QED) is 0.812. The summed E-state index contributed by atoms with van der Waals surface area (Å²) in [5.74, 6) is -2.27. The molecule has 0 radical (unpaired) electrons. The van der Waals surface area contributed by atoms with Crippen molar-refractivity contribution in [1.82, 2.24) is 14.8 Å². The lowest BCUT2D eigenvalue weighted by atomic mass is 9.88. The fraction of sp³-hybridized carbons (Fsp3) is 0.381. The Balaban J connectivity index is 1.40. The molecule has 1 aromatic heterocycles.